The second-order valence-corrected chi connectivity index (χ2v) is 10.8. The first kappa shape index (κ1) is 22.5. The van der Waals surface area contributed by atoms with Crippen molar-refractivity contribution in [2.75, 3.05) is 20.1 Å². The van der Waals surface area contributed by atoms with Crippen LogP contribution < -0.4 is 0 Å². The van der Waals surface area contributed by atoms with Crippen LogP contribution in [0.15, 0.2) is 47.4 Å². The first-order valence-corrected chi connectivity index (χ1v) is 12.7. The van der Waals surface area contributed by atoms with E-state index in [1.807, 2.05) is 24.3 Å². The number of nitrogens with zero attached hydrogens (tertiary/aromatic N) is 3. The summed E-state index contributed by atoms with van der Waals surface area (Å²) in [5.74, 6) is -0.131. The van der Waals surface area contributed by atoms with Gasteiger partial charge in [-0.15, -0.1) is 0 Å². The van der Waals surface area contributed by atoms with Gasteiger partial charge >= 0.3 is 0 Å². The fourth-order valence-corrected chi connectivity index (χ4v) is 6.23. The van der Waals surface area contributed by atoms with E-state index in [0.717, 1.165) is 30.4 Å². The summed E-state index contributed by atoms with van der Waals surface area (Å²) in [6.07, 6.45) is 5.31. The molecule has 2 aliphatic rings. The number of benzene rings is 2. The number of amides is 1. The number of piperidine rings is 1. The average molecular weight is 452 g/mol. The summed E-state index contributed by atoms with van der Waals surface area (Å²) < 4.78 is 27.9. The Kier molecular flexibility index (Phi) is 6.63. The number of nitriles is 1. The van der Waals surface area contributed by atoms with Crippen molar-refractivity contribution in [3.63, 3.8) is 0 Å². The van der Waals surface area contributed by atoms with Crippen molar-refractivity contribution < 1.29 is 13.2 Å². The number of aryl methyl sites for hydroxylation is 2. The number of hydrogen-bond donors (Lipinski definition) is 0. The van der Waals surface area contributed by atoms with Gasteiger partial charge < -0.3 is 4.90 Å². The Labute approximate surface area is 190 Å². The smallest absolute Gasteiger partial charge is 0.243 e. The lowest BCUT2D eigenvalue weighted by Crippen LogP contribution is -2.43. The zero-order valence-corrected chi connectivity index (χ0v) is 19.3. The number of rotatable bonds is 5. The normalized spacial score (nSPS) is 17.4. The molecule has 1 heterocycles. The van der Waals surface area contributed by atoms with Gasteiger partial charge in [0.2, 0.25) is 15.9 Å². The average Bonchev–Trinajstić information content (AvgIpc) is 2.83. The third-order valence-electron chi connectivity index (χ3n) is 6.64. The van der Waals surface area contributed by atoms with E-state index in [1.54, 1.807) is 30.1 Å². The molecule has 0 bridgehead atoms. The molecule has 1 amide bonds. The zero-order chi connectivity index (χ0) is 22.7. The zero-order valence-electron chi connectivity index (χ0n) is 18.5. The molecule has 168 valence electrons. The van der Waals surface area contributed by atoms with Crippen LogP contribution in [0.2, 0.25) is 0 Å². The predicted molar refractivity (Wildman–Crippen MR) is 122 cm³/mol. The van der Waals surface area contributed by atoms with E-state index in [0.29, 0.717) is 42.9 Å². The van der Waals surface area contributed by atoms with Gasteiger partial charge in [0, 0.05) is 32.6 Å². The van der Waals surface area contributed by atoms with Gasteiger partial charge in [-0.1, -0.05) is 18.2 Å². The van der Waals surface area contributed by atoms with Gasteiger partial charge in [-0.25, -0.2) is 8.42 Å². The van der Waals surface area contributed by atoms with Crippen LogP contribution >= 0.6 is 0 Å². The summed E-state index contributed by atoms with van der Waals surface area (Å²) in [5.41, 5.74) is 3.99. The largest absolute Gasteiger partial charge is 0.341 e. The fourth-order valence-electron chi connectivity index (χ4n) is 4.71. The molecule has 0 aromatic heterocycles. The van der Waals surface area contributed by atoms with Crippen LogP contribution in [0.3, 0.4) is 0 Å². The highest BCUT2D eigenvalue weighted by Crippen LogP contribution is 2.28. The molecule has 1 saturated heterocycles. The minimum Gasteiger partial charge on any atom is -0.341 e. The molecule has 6 nitrogen and oxygen atoms in total. The van der Waals surface area contributed by atoms with Crippen molar-refractivity contribution in [2.24, 2.45) is 5.92 Å². The van der Waals surface area contributed by atoms with Gasteiger partial charge in [0.05, 0.1) is 16.5 Å². The van der Waals surface area contributed by atoms with Gasteiger partial charge in [0.15, 0.2) is 0 Å². The van der Waals surface area contributed by atoms with Crippen molar-refractivity contribution in [2.45, 2.75) is 50.0 Å². The van der Waals surface area contributed by atoms with Crippen molar-refractivity contribution in [1.29, 1.82) is 5.26 Å². The summed E-state index contributed by atoms with van der Waals surface area (Å²) >= 11 is 0. The molecule has 0 radical (unpaired) electrons. The Morgan fingerprint density at radius 1 is 1.06 bits per heavy atom. The summed E-state index contributed by atoms with van der Waals surface area (Å²) in [7, 11) is -1.76. The molecule has 32 heavy (non-hydrogen) atoms. The Morgan fingerprint density at radius 2 is 1.72 bits per heavy atom. The molecule has 0 N–H and O–H groups in total. The van der Waals surface area contributed by atoms with Crippen molar-refractivity contribution in [3.8, 4) is 6.07 Å². The van der Waals surface area contributed by atoms with Gasteiger partial charge in [-0.3, -0.25) is 4.79 Å². The van der Waals surface area contributed by atoms with Crippen LogP contribution in [-0.2, 0) is 34.2 Å². The van der Waals surface area contributed by atoms with Crippen molar-refractivity contribution in [3.05, 3.63) is 64.7 Å². The van der Waals surface area contributed by atoms with Crippen LogP contribution in [0.4, 0.5) is 0 Å². The summed E-state index contributed by atoms with van der Waals surface area (Å²) in [6.45, 7) is 1.19. The van der Waals surface area contributed by atoms with Crippen molar-refractivity contribution >= 4 is 15.9 Å². The molecule has 0 atom stereocenters. The first-order chi connectivity index (χ1) is 15.4. The Bertz CT molecular complexity index is 1130. The van der Waals surface area contributed by atoms with E-state index in [1.165, 1.54) is 16.3 Å². The molecule has 0 saturated carbocycles. The molecule has 0 spiro atoms. The second-order valence-electron chi connectivity index (χ2n) is 8.82. The topological polar surface area (TPSA) is 81.5 Å². The summed E-state index contributed by atoms with van der Waals surface area (Å²) in [4.78, 5) is 15.0. The summed E-state index contributed by atoms with van der Waals surface area (Å²) in [6, 6.07) is 14.9. The quantitative estimate of drug-likeness (QED) is 0.697. The van der Waals surface area contributed by atoms with E-state index in [2.05, 4.69) is 6.07 Å². The fraction of sp³-hybridized carbons (Fsp3) is 0.440. The molecule has 1 fully saturated rings. The molecule has 1 aliphatic heterocycles. The minimum atomic E-state index is -3.54. The van der Waals surface area contributed by atoms with Crippen LogP contribution in [0.25, 0.3) is 0 Å². The van der Waals surface area contributed by atoms with Crippen LogP contribution in [-0.4, -0.2) is 43.7 Å². The number of carbonyl (C=O) groups is 1. The molecule has 7 heteroatoms. The highest BCUT2D eigenvalue weighted by molar-refractivity contribution is 7.89. The van der Waals surface area contributed by atoms with E-state index >= 15 is 0 Å². The van der Waals surface area contributed by atoms with E-state index in [9.17, 15) is 13.2 Å². The highest BCUT2D eigenvalue weighted by atomic mass is 32.2. The maximum atomic E-state index is 13.2. The van der Waals surface area contributed by atoms with E-state index < -0.39 is 10.0 Å². The monoisotopic (exact) mass is 451 g/mol. The van der Waals surface area contributed by atoms with Crippen molar-refractivity contribution in [1.82, 2.24) is 9.21 Å². The van der Waals surface area contributed by atoms with Gasteiger partial charge in [0.1, 0.15) is 0 Å². The van der Waals surface area contributed by atoms with Gasteiger partial charge in [0.25, 0.3) is 0 Å². The van der Waals surface area contributed by atoms with Crippen LogP contribution in [0.5, 0.6) is 0 Å². The molecular weight excluding hydrogens is 422 g/mol. The van der Waals surface area contributed by atoms with Gasteiger partial charge in [-0.05, 0) is 79.5 Å². The molecule has 1 aliphatic carbocycles. The second kappa shape index (κ2) is 9.43. The van der Waals surface area contributed by atoms with Crippen LogP contribution in [0.1, 0.15) is 47.9 Å². The predicted octanol–water partition coefficient (Wildman–Crippen LogP) is 3.50. The standard InChI is InChI=1S/C25H29N3O3S/c1-27(18-20-8-6-19(17-26)7-9-20)25(29)22-12-14-28(15-13-22)32(30,31)24-11-10-21-4-2-3-5-23(21)16-24/h6-11,16,22H,2-5,12-15,18H2,1H3. The molecule has 2 aromatic rings. The number of fused-ring (bicyclic) bond motifs is 1. The maximum Gasteiger partial charge on any atom is 0.243 e. The molecule has 4 rings (SSSR count). The Balaban J connectivity index is 1.36. The van der Waals surface area contributed by atoms with Crippen LogP contribution in [0, 0.1) is 17.2 Å². The lowest BCUT2D eigenvalue weighted by Gasteiger charge is -2.32. The Morgan fingerprint density at radius 3 is 2.38 bits per heavy atom. The number of hydrogen-bond acceptors (Lipinski definition) is 4. The number of carbonyl (C=O) groups excluding carboxylic acids is 1. The third kappa shape index (κ3) is 4.72. The van der Waals surface area contributed by atoms with E-state index in [4.69, 9.17) is 5.26 Å². The minimum absolute atomic E-state index is 0.0418. The first-order valence-electron chi connectivity index (χ1n) is 11.2. The summed E-state index contributed by atoms with van der Waals surface area (Å²) in [5, 5.41) is 8.91. The maximum absolute atomic E-state index is 13.2. The number of sulfonamides is 1. The molecule has 0 unspecified atom stereocenters. The SMILES string of the molecule is CN(Cc1ccc(C#N)cc1)C(=O)C1CCN(S(=O)(=O)c2ccc3c(c2)CCCC3)CC1. The van der Waals surface area contributed by atoms with Gasteiger partial charge in [-0.2, -0.15) is 9.57 Å². The lowest BCUT2D eigenvalue weighted by molar-refractivity contribution is -0.135. The lowest BCUT2D eigenvalue weighted by atomic mass is 9.92. The van der Waals surface area contributed by atoms with E-state index in [-0.39, 0.29) is 11.8 Å². The Hall–Kier alpha value is -2.69. The molecular formula is C25H29N3O3S. The molecule has 2 aromatic carbocycles. The third-order valence-corrected chi connectivity index (χ3v) is 8.53. The highest BCUT2D eigenvalue weighted by Gasteiger charge is 2.33.